The fourth-order valence-electron chi connectivity index (χ4n) is 6.77. The molecule has 2 aliphatic carbocycles. The molecule has 2 aliphatic rings. The first-order valence-corrected chi connectivity index (χ1v) is 17.9. The van der Waals surface area contributed by atoms with Gasteiger partial charge in [0.1, 0.15) is 0 Å². The molecule has 2 aromatic carbocycles. The van der Waals surface area contributed by atoms with E-state index in [9.17, 15) is 5.11 Å². The van der Waals surface area contributed by atoms with Crippen LogP contribution in [0.15, 0.2) is 71.4 Å². The second-order valence-corrected chi connectivity index (χ2v) is 17.8. The topological polar surface area (TPSA) is 38.7 Å². The summed E-state index contributed by atoms with van der Waals surface area (Å²) in [6, 6.07) is 20.9. The molecule has 37 heavy (non-hydrogen) atoms. The minimum Gasteiger partial charge on any atom is -0.389 e. The van der Waals surface area contributed by atoms with E-state index in [4.69, 9.17) is 9.47 Å². The van der Waals surface area contributed by atoms with Crippen LogP contribution in [0.2, 0.25) is 19.6 Å². The van der Waals surface area contributed by atoms with Gasteiger partial charge in [0, 0.05) is 5.41 Å². The van der Waals surface area contributed by atoms with Gasteiger partial charge >= 0.3 is 0 Å². The van der Waals surface area contributed by atoms with Crippen molar-refractivity contribution in [3.8, 4) is 0 Å². The Morgan fingerprint density at radius 3 is 1.86 bits per heavy atom. The highest BCUT2D eigenvalue weighted by Crippen LogP contribution is 2.50. The first-order valence-electron chi connectivity index (χ1n) is 14.4. The molecule has 2 aromatic rings. The maximum Gasteiger partial charge on any atom is 0.0757 e. The van der Waals surface area contributed by atoms with Gasteiger partial charge in [-0.05, 0) is 48.6 Å². The zero-order valence-electron chi connectivity index (χ0n) is 23.5. The lowest BCUT2D eigenvalue weighted by Gasteiger charge is -2.36. The summed E-state index contributed by atoms with van der Waals surface area (Å²) >= 11 is 0. The van der Waals surface area contributed by atoms with Crippen LogP contribution >= 0.6 is 0 Å². The Labute approximate surface area is 226 Å². The molecule has 202 valence electrons. The molecule has 2 saturated carbocycles. The number of hydrogen-bond donors (Lipinski definition) is 1. The first-order chi connectivity index (χ1) is 17.8. The van der Waals surface area contributed by atoms with Gasteiger partial charge < -0.3 is 14.6 Å². The Balaban J connectivity index is 1.56. The lowest BCUT2D eigenvalue weighted by molar-refractivity contribution is -0.0304. The summed E-state index contributed by atoms with van der Waals surface area (Å²) in [4.78, 5) is 0. The van der Waals surface area contributed by atoms with Gasteiger partial charge in [0.15, 0.2) is 0 Å². The molecular weight excluding hydrogens is 472 g/mol. The molecule has 2 fully saturated rings. The summed E-state index contributed by atoms with van der Waals surface area (Å²) < 4.78 is 12.8. The van der Waals surface area contributed by atoms with Crippen LogP contribution in [0.4, 0.5) is 0 Å². The average Bonchev–Trinajstić information content (AvgIpc) is 3.20. The fourth-order valence-corrected chi connectivity index (χ4v) is 9.19. The summed E-state index contributed by atoms with van der Waals surface area (Å²) in [5.41, 5.74) is 3.87. The second-order valence-electron chi connectivity index (χ2n) is 12.8. The van der Waals surface area contributed by atoms with E-state index in [-0.39, 0.29) is 11.5 Å². The zero-order valence-corrected chi connectivity index (χ0v) is 24.5. The van der Waals surface area contributed by atoms with Gasteiger partial charge in [0.05, 0.1) is 40.6 Å². The molecule has 3 nitrogen and oxygen atoms in total. The van der Waals surface area contributed by atoms with Crippen molar-refractivity contribution in [1.82, 2.24) is 0 Å². The molecule has 0 saturated heterocycles. The molecule has 0 bridgehead atoms. The van der Waals surface area contributed by atoms with E-state index in [1.165, 1.54) is 54.0 Å². The summed E-state index contributed by atoms with van der Waals surface area (Å²) in [5.74, 6) is 0.870. The van der Waals surface area contributed by atoms with Crippen molar-refractivity contribution in [3.05, 3.63) is 82.6 Å². The van der Waals surface area contributed by atoms with Crippen LogP contribution in [0.25, 0.3) is 0 Å². The molecule has 4 heteroatoms. The number of benzene rings is 2. The van der Waals surface area contributed by atoms with Crippen molar-refractivity contribution < 1.29 is 14.6 Å². The molecule has 0 unspecified atom stereocenters. The van der Waals surface area contributed by atoms with Gasteiger partial charge in [0.25, 0.3) is 0 Å². The normalized spacial score (nSPS) is 22.7. The van der Waals surface area contributed by atoms with Crippen LogP contribution in [0.5, 0.6) is 0 Å². The number of aliphatic hydroxyl groups is 1. The molecule has 0 amide bonds. The quantitative estimate of drug-likeness (QED) is 0.306. The van der Waals surface area contributed by atoms with Crippen LogP contribution in [-0.2, 0) is 22.7 Å². The molecule has 0 spiro atoms. The van der Waals surface area contributed by atoms with Crippen molar-refractivity contribution in [2.24, 2.45) is 17.3 Å². The molecule has 0 radical (unpaired) electrons. The molecule has 1 N–H and O–H groups in total. The van der Waals surface area contributed by atoms with Crippen LogP contribution in [0, 0.1) is 17.3 Å². The summed E-state index contributed by atoms with van der Waals surface area (Å²) in [7, 11) is -1.72. The van der Waals surface area contributed by atoms with E-state index >= 15 is 0 Å². The van der Waals surface area contributed by atoms with Crippen molar-refractivity contribution in [1.29, 1.82) is 0 Å². The Kier molecular flexibility index (Phi) is 9.85. The van der Waals surface area contributed by atoms with Gasteiger partial charge in [-0.1, -0.05) is 117 Å². The monoisotopic (exact) mass is 520 g/mol. The van der Waals surface area contributed by atoms with Gasteiger partial charge in [-0.3, -0.25) is 0 Å². The SMILES string of the molecule is C[C@H]1CC(COCc2ccccc2)(COCc2ccccc2)C/C1=C(/[C@H](O)C1CCCCC1)[Si](C)(C)C. The third kappa shape index (κ3) is 7.66. The summed E-state index contributed by atoms with van der Waals surface area (Å²) in [6.07, 6.45) is 7.92. The third-order valence-corrected chi connectivity index (χ3v) is 10.7. The van der Waals surface area contributed by atoms with Crippen LogP contribution in [-0.4, -0.2) is 32.5 Å². The molecule has 2 atom stereocenters. The van der Waals surface area contributed by atoms with Gasteiger partial charge in [-0.15, -0.1) is 0 Å². The molecule has 0 aliphatic heterocycles. The van der Waals surface area contributed by atoms with Crippen molar-refractivity contribution >= 4 is 8.07 Å². The van der Waals surface area contributed by atoms with E-state index < -0.39 is 8.07 Å². The summed E-state index contributed by atoms with van der Waals surface area (Å²) in [5, 5.41) is 13.2. The van der Waals surface area contributed by atoms with E-state index in [2.05, 4.69) is 75.1 Å². The maximum atomic E-state index is 11.8. The first kappa shape index (κ1) is 28.3. The number of aliphatic hydroxyl groups excluding tert-OH is 1. The molecular formula is C33H48O3Si. The predicted octanol–water partition coefficient (Wildman–Crippen LogP) is 7.95. The van der Waals surface area contributed by atoms with Gasteiger partial charge in [0.2, 0.25) is 0 Å². The molecule has 0 aromatic heterocycles. The summed E-state index contributed by atoms with van der Waals surface area (Å²) in [6.45, 7) is 12.3. The fraction of sp³-hybridized carbons (Fsp3) is 0.576. The van der Waals surface area contributed by atoms with Crippen molar-refractivity contribution in [3.63, 3.8) is 0 Å². The molecule has 4 rings (SSSR count). The van der Waals surface area contributed by atoms with Crippen LogP contribution in [0.1, 0.15) is 63.0 Å². The maximum absolute atomic E-state index is 11.8. The Morgan fingerprint density at radius 1 is 0.865 bits per heavy atom. The molecule has 0 heterocycles. The minimum atomic E-state index is -1.72. The van der Waals surface area contributed by atoms with Crippen molar-refractivity contribution in [2.45, 2.75) is 90.8 Å². The highest BCUT2D eigenvalue weighted by atomic mass is 28.3. The minimum absolute atomic E-state index is 0.0600. The average molecular weight is 521 g/mol. The highest BCUT2D eigenvalue weighted by molar-refractivity contribution is 6.83. The van der Waals surface area contributed by atoms with E-state index in [0.29, 0.717) is 38.3 Å². The van der Waals surface area contributed by atoms with Crippen LogP contribution < -0.4 is 0 Å². The van der Waals surface area contributed by atoms with E-state index in [1.807, 2.05) is 12.1 Å². The lowest BCUT2D eigenvalue weighted by atomic mass is 9.83. The number of rotatable bonds is 11. The van der Waals surface area contributed by atoms with Crippen molar-refractivity contribution in [2.75, 3.05) is 13.2 Å². The predicted molar refractivity (Wildman–Crippen MR) is 156 cm³/mol. The Morgan fingerprint density at radius 2 is 1.38 bits per heavy atom. The highest BCUT2D eigenvalue weighted by Gasteiger charge is 2.45. The third-order valence-electron chi connectivity index (χ3n) is 8.49. The number of allylic oxidation sites excluding steroid dienone is 1. The smallest absolute Gasteiger partial charge is 0.0757 e. The Hall–Kier alpha value is -1.72. The number of ether oxygens (including phenoxy) is 2. The zero-order chi connectivity index (χ0) is 26.3. The standard InChI is InChI=1S/C33H48O3Si/c1-26-20-33(24-35-22-27-14-8-5-9-15-27,25-36-23-28-16-10-6-11-17-28)21-30(26)32(37(2,3)4)31(34)29-18-12-7-13-19-29/h5-6,8-11,14-17,26,29,31,34H,7,12-13,18-25H2,1-4H3/b32-30+/t26-,31+/m0/s1. The number of hydrogen-bond acceptors (Lipinski definition) is 3. The van der Waals surface area contributed by atoms with E-state index in [1.54, 1.807) is 0 Å². The Bertz CT molecular complexity index is 944. The largest absolute Gasteiger partial charge is 0.389 e. The lowest BCUT2D eigenvalue weighted by Crippen LogP contribution is -2.39. The van der Waals surface area contributed by atoms with Crippen LogP contribution in [0.3, 0.4) is 0 Å². The second kappa shape index (κ2) is 12.9. The van der Waals surface area contributed by atoms with E-state index in [0.717, 1.165) is 12.8 Å². The van der Waals surface area contributed by atoms with Gasteiger partial charge in [-0.25, -0.2) is 0 Å². The van der Waals surface area contributed by atoms with Gasteiger partial charge in [-0.2, -0.15) is 0 Å².